The molecule has 3 rings (SSSR count). The highest BCUT2D eigenvalue weighted by Gasteiger charge is 2.10. The summed E-state index contributed by atoms with van der Waals surface area (Å²) in [7, 11) is 0. The maximum atomic E-state index is 3.76. The van der Waals surface area contributed by atoms with Crippen LogP contribution in [0.5, 0.6) is 0 Å². The summed E-state index contributed by atoms with van der Waals surface area (Å²) >= 11 is 0. The summed E-state index contributed by atoms with van der Waals surface area (Å²) in [5.41, 5.74) is 0. The molecule has 0 radical (unpaired) electrons. The van der Waals surface area contributed by atoms with Gasteiger partial charge < -0.3 is 5.32 Å². The Morgan fingerprint density at radius 3 is 1.28 bits per heavy atom. The van der Waals surface area contributed by atoms with E-state index in [1.54, 1.807) is 0 Å². The van der Waals surface area contributed by atoms with Gasteiger partial charge in [0, 0.05) is 6.67 Å². The number of fused-ring (bicyclic) bond motifs is 24. The molecule has 1 N–H and O–H groups in total. The van der Waals surface area contributed by atoms with E-state index in [0.717, 1.165) is 12.6 Å². The third-order valence-electron chi connectivity index (χ3n) is 7.47. The van der Waals surface area contributed by atoms with Crippen molar-refractivity contribution in [2.45, 2.75) is 141 Å². The lowest BCUT2D eigenvalue weighted by molar-refractivity contribution is 0.240. The van der Waals surface area contributed by atoms with Crippen LogP contribution in [0.25, 0.3) is 0 Å². The number of nitrogens with zero attached hydrogens (tertiary/aromatic N) is 1. The highest BCUT2D eigenvalue weighted by atomic mass is 15.2. The average Bonchev–Trinajstić information content (AvgIpc) is 2.73. The quantitative estimate of drug-likeness (QED) is 0.437. The molecule has 0 atom stereocenters. The minimum Gasteiger partial charge on any atom is -0.304 e. The topological polar surface area (TPSA) is 15.3 Å². The van der Waals surface area contributed by atoms with Crippen molar-refractivity contribution in [3.8, 4) is 0 Å². The Labute approximate surface area is 184 Å². The van der Waals surface area contributed by atoms with Gasteiger partial charge in [-0.15, -0.1) is 0 Å². The Bertz CT molecular complexity index is 286. The van der Waals surface area contributed by atoms with E-state index in [1.165, 1.54) is 161 Å². The standard InChI is InChI=1S/C27H54N2/c1-2-8-14-20-27-21-15-9-3-6-12-18-24-29(26-28-23-17-11-5-1)25-19-13-7-4-10-16-22-27/h27-28H,1-26H2. The molecule has 2 nitrogen and oxygen atoms in total. The van der Waals surface area contributed by atoms with Crippen LogP contribution in [0, 0.1) is 5.92 Å². The second-order valence-corrected chi connectivity index (χ2v) is 10.2. The molecule has 0 saturated carbocycles. The van der Waals surface area contributed by atoms with Crippen molar-refractivity contribution < 1.29 is 0 Å². The predicted molar refractivity (Wildman–Crippen MR) is 130 cm³/mol. The van der Waals surface area contributed by atoms with Crippen LogP contribution in [0.3, 0.4) is 0 Å². The fraction of sp³-hybridized carbons (Fsp3) is 1.00. The Morgan fingerprint density at radius 2 is 0.793 bits per heavy atom. The molecule has 3 fully saturated rings. The van der Waals surface area contributed by atoms with E-state index in [1.807, 2.05) is 0 Å². The fourth-order valence-electron chi connectivity index (χ4n) is 5.46. The van der Waals surface area contributed by atoms with Gasteiger partial charge in [-0.25, -0.2) is 0 Å². The summed E-state index contributed by atoms with van der Waals surface area (Å²) < 4.78 is 0. The molecule has 3 saturated heterocycles. The summed E-state index contributed by atoms with van der Waals surface area (Å²) in [6.07, 6.45) is 32.3. The SMILES string of the molecule is C1CCCCNCN2CCCCCCCCC(CCCC1)CCCCCCCC2. The number of hydrogen-bond donors (Lipinski definition) is 1. The maximum absolute atomic E-state index is 3.76. The first-order chi connectivity index (χ1) is 14.4. The van der Waals surface area contributed by atoms with Crippen molar-refractivity contribution in [1.29, 1.82) is 0 Å². The Hall–Kier alpha value is -0.0800. The van der Waals surface area contributed by atoms with E-state index in [4.69, 9.17) is 0 Å². The molecule has 0 aromatic heterocycles. The van der Waals surface area contributed by atoms with Crippen LogP contribution >= 0.6 is 0 Å². The van der Waals surface area contributed by atoms with E-state index in [0.29, 0.717) is 0 Å². The molecule has 0 aliphatic carbocycles. The molecule has 0 aromatic carbocycles. The molecule has 29 heavy (non-hydrogen) atoms. The van der Waals surface area contributed by atoms with Crippen molar-refractivity contribution in [3.05, 3.63) is 0 Å². The van der Waals surface area contributed by atoms with E-state index >= 15 is 0 Å². The molecule has 0 aromatic rings. The molecule has 2 bridgehead atoms. The van der Waals surface area contributed by atoms with Crippen LogP contribution in [0.2, 0.25) is 0 Å². The third-order valence-corrected chi connectivity index (χ3v) is 7.47. The number of nitrogens with one attached hydrogen (secondary N) is 1. The van der Waals surface area contributed by atoms with Crippen LogP contribution in [0.4, 0.5) is 0 Å². The maximum Gasteiger partial charge on any atom is 0.0480 e. The summed E-state index contributed by atoms with van der Waals surface area (Å²) in [6, 6.07) is 0. The summed E-state index contributed by atoms with van der Waals surface area (Å²) in [5.74, 6) is 1.04. The van der Waals surface area contributed by atoms with Crippen molar-refractivity contribution >= 4 is 0 Å². The van der Waals surface area contributed by atoms with E-state index in [-0.39, 0.29) is 0 Å². The average molecular weight is 407 g/mol. The molecule has 3 aliphatic heterocycles. The number of rotatable bonds is 0. The van der Waals surface area contributed by atoms with Gasteiger partial charge in [0.15, 0.2) is 0 Å². The molecule has 2 heteroatoms. The lowest BCUT2D eigenvalue weighted by atomic mass is 9.89. The molecule has 172 valence electrons. The normalized spacial score (nSPS) is 29.8. The zero-order valence-electron chi connectivity index (χ0n) is 19.9. The second-order valence-electron chi connectivity index (χ2n) is 10.2. The minimum atomic E-state index is 1.04. The van der Waals surface area contributed by atoms with E-state index in [2.05, 4.69) is 10.2 Å². The molecule has 3 aliphatic rings. The van der Waals surface area contributed by atoms with Gasteiger partial charge in [0.1, 0.15) is 0 Å². The molecule has 3 heterocycles. The lowest BCUT2D eigenvalue weighted by Gasteiger charge is -2.23. The van der Waals surface area contributed by atoms with E-state index < -0.39 is 0 Å². The zero-order valence-corrected chi connectivity index (χ0v) is 19.9. The Morgan fingerprint density at radius 1 is 0.414 bits per heavy atom. The fourth-order valence-corrected chi connectivity index (χ4v) is 5.46. The van der Waals surface area contributed by atoms with Crippen LogP contribution in [-0.4, -0.2) is 31.2 Å². The molecular weight excluding hydrogens is 352 g/mol. The summed E-state index contributed by atoms with van der Waals surface area (Å²) in [6.45, 7) is 4.98. The van der Waals surface area contributed by atoms with Gasteiger partial charge in [0.2, 0.25) is 0 Å². The summed E-state index contributed by atoms with van der Waals surface area (Å²) in [5, 5.41) is 3.76. The summed E-state index contributed by atoms with van der Waals surface area (Å²) in [4.78, 5) is 2.72. The Kier molecular flexibility index (Phi) is 16.2. The van der Waals surface area contributed by atoms with Crippen molar-refractivity contribution in [1.82, 2.24) is 10.2 Å². The van der Waals surface area contributed by atoms with Gasteiger partial charge >= 0.3 is 0 Å². The largest absolute Gasteiger partial charge is 0.304 e. The number of hydrogen-bond acceptors (Lipinski definition) is 2. The van der Waals surface area contributed by atoms with Crippen LogP contribution < -0.4 is 5.32 Å². The monoisotopic (exact) mass is 406 g/mol. The molecule has 0 unspecified atom stereocenters. The predicted octanol–water partition coefficient (Wildman–Crippen LogP) is 8.06. The molecule has 0 amide bonds. The molecular formula is C27H54N2. The lowest BCUT2D eigenvalue weighted by Crippen LogP contribution is -2.36. The van der Waals surface area contributed by atoms with Gasteiger partial charge in [-0.05, 0) is 44.8 Å². The van der Waals surface area contributed by atoms with Gasteiger partial charge in [-0.2, -0.15) is 0 Å². The third kappa shape index (κ3) is 14.5. The first-order valence-corrected chi connectivity index (χ1v) is 13.9. The van der Waals surface area contributed by atoms with Gasteiger partial charge in [-0.3, -0.25) is 4.90 Å². The first kappa shape index (κ1) is 25.2. The van der Waals surface area contributed by atoms with Crippen LogP contribution in [-0.2, 0) is 0 Å². The minimum absolute atomic E-state index is 1.04. The van der Waals surface area contributed by atoms with E-state index in [9.17, 15) is 0 Å². The van der Waals surface area contributed by atoms with Crippen molar-refractivity contribution in [2.24, 2.45) is 5.92 Å². The smallest absolute Gasteiger partial charge is 0.0480 e. The van der Waals surface area contributed by atoms with Crippen molar-refractivity contribution in [2.75, 3.05) is 26.3 Å². The van der Waals surface area contributed by atoms with Crippen LogP contribution in [0.1, 0.15) is 141 Å². The highest BCUT2D eigenvalue weighted by molar-refractivity contribution is 4.64. The zero-order chi connectivity index (χ0) is 20.2. The van der Waals surface area contributed by atoms with Gasteiger partial charge in [0.25, 0.3) is 0 Å². The van der Waals surface area contributed by atoms with Gasteiger partial charge in [-0.1, -0.05) is 122 Å². The Balaban J connectivity index is 1.86. The second kappa shape index (κ2) is 18.7. The highest BCUT2D eigenvalue weighted by Crippen LogP contribution is 2.25. The van der Waals surface area contributed by atoms with Gasteiger partial charge in [0.05, 0.1) is 0 Å². The first-order valence-electron chi connectivity index (χ1n) is 13.9. The molecule has 0 spiro atoms. The van der Waals surface area contributed by atoms with Crippen molar-refractivity contribution in [3.63, 3.8) is 0 Å². The van der Waals surface area contributed by atoms with Crippen LogP contribution in [0.15, 0.2) is 0 Å².